The molecular formula is C18H15ClN2O. The molecule has 0 saturated heterocycles. The molecule has 1 aromatic heterocycles. The van der Waals surface area contributed by atoms with Crippen LogP contribution in [0, 0.1) is 6.92 Å². The Hall–Kier alpha value is -2.52. The van der Waals surface area contributed by atoms with E-state index in [-0.39, 0.29) is 5.91 Å². The fourth-order valence-electron chi connectivity index (χ4n) is 2.23. The molecule has 4 heteroatoms. The normalized spacial score (nSPS) is 10.5. The van der Waals surface area contributed by atoms with Gasteiger partial charge in [0.25, 0.3) is 5.91 Å². The number of halogens is 1. The second kappa shape index (κ2) is 6.08. The molecule has 1 N–H and O–H groups in total. The molecular weight excluding hydrogens is 296 g/mol. The number of amides is 1. The maximum absolute atomic E-state index is 12.3. The molecule has 0 aliphatic rings. The number of aromatic nitrogens is 1. The predicted octanol–water partition coefficient (Wildman–Crippen LogP) is 4.69. The van der Waals surface area contributed by atoms with Gasteiger partial charge in [-0.1, -0.05) is 17.7 Å². The van der Waals surface area contributed by atoms with Gasteiger partial charge in [0.2, 0.25) is 0 Å². The average Bonchev–Trinajstić information content (AvgIpc) is 3.06. The molecule has 0 unspecified atom stereocenters. The summed E-state index contributed by atoms with van der Waals surface area (Å²) in [6.45, 7) is 1.88. The van der Waals surface area contributed by atoms with Crippen molar-refractivity contribution in [2.45, 2.75) is 6.92 Å². The largest absolute Gasteiger partial charge is 0.324 e. The minimum atomic E-state index is -0.149. The van der Waals surface area contributed by atoms with Crippen molar-refractivity contribution in [2.75, 3.05) is 5.32 Å². The lowest BCUT2D eigenvalue weighted by Crippen LogP contribution is -2.12. The molecule has 3 nitrogen and oxygen atoms in total. The number of carbonyl (C=O) groups excluding carboxylic acids is 1. The van der Waals surface area contributed by atoms with E-state index in [1.807, 2.05) is 72.4 Å². The van der Waals surface area contributed by atoms with Crippen molar-refractivity contribution >= 4 is 23.2 Å². The molecule has 0 bridgehead atoms. The quantitative estimate of drug-likeness (QED) is 0.748. The maximum atomic E-state index is 12.3. The monoisotopic (exact) mass is 310 g/mol. The minimum Gasteiger partial charge on any atom is -0.324 e. The summed E-state index contributed by atoms with van der Waals surface area (Å²) in [6, 6.07) is 16.8. The summed E-state index contributed by atoms with van der Waals surface area (Å²) in [7, 11) is 0. The third kappa shape index (κ3) is 2.90. The molecule has 0 atom stereocenters. The van der Waals surface area contributed by atoms with Gasteiger partial charge in [0, 0.05) is 34.4 Å². The summed E-state index contributed by atoms with van der Waals surface area (Å²) in [5.41, 5.74) is 3.21. The minimum absolute atomic E-state index is 0.149. The van der Waals surface area contributed by atoms with Gasteiger partial charge in [0.15, 0.2) is 0 Å². The van der Waals surface area contributed by atoms with E-state index in [4.69, 9.17) is 11.6 Å². The lowest BCUT2D eigenvalue weighted by molar-refractivity contribution is 0.102. The van der Waals surface area contributed by atoms with Gasteiger partial charge in [0.1, 0.15) is 0 Å². The van der Waals surface area contributed by atoms with Gasteiger partial charge in [-0.15, -0.1) is 0 Å². The molecule has 110 valence electrons. The Morgan fingerprint density at radius 3 is 2.36 bits per heavy atom. The van der Waals surface area contributed by atoms with Gasteiger partial charge >= 0.3 is 0 Å². The Bertz CT molecular complexity index is 792. The molecule has 22 heavy (non-hydrogen) atoms. The zero-order valence-corrected chi connectivity index (χ0v) is 12.8. The smallest absolute Gasteiger partial charge is 0.255 e. The van der Waals surface area contributed by atoms with E-state index in [2.05, 4.69) is 5.32 Å². The van der Waals surface area contributed by atoms with E-state index in [1.54, 1.807) is 6.07 Å². The van der Waals surface area contributed by atoms with Gasteiger partial charge in [-0.3, -0.25) is 4.79 Å². The molecule has 1 heterocycles. The van der Waals surface area contributed by atoms with Crippen molar-refractivity contribution in [3.05, 3.63) is 83.1 Å². The zero-order chi connectivity index (χ0) is 15.5. The fourth-order valence-corrected chi connectivity index (χ4v) is 2.40. The number of nitrogens with zero attached hydrogens (tertiary/aromatic N) is 1. The van der Waals surface area contributed by atoms with Crippen LogP contribution in [0.3, 0.4) is 0 Å². The highest BCUT2D eigenvalue weighted by Gasteiger charge is 2.09. The van der Waals surface area contributed by atoms with Crippen molar-refractivity contribution < 1.29 is 4.79 Å². The zero-order valence-electron chi connectivity index (χ0n) is 12.1. The Labute approximate surface area is 134 Å². The number of hydrogen-bond acceptors (Lipinski definition) is 1. The van der Waals surface area contributed by atoms with Crippen LogP contribution in [-0.4, -0.2) is 10.5 Å². The molecule has 0 fully saturated rings. The van der Waals surface area contributed by atoms with Gasteiger partial charge in [-0.2, -0.15) is 0 Å². The molecule has 0 aliphatic carbocycles. The summed E-state index contributed by atoms with van der Waals surface area (Å²) in [6.07, 6.45) is 3.93. The maximum Gasteiger partial charge on any atom is 0.255 e. The first-order chi connectivity index (χ1) is 10.6. The van der Waals surface area contributed by atoms with Crippen molar-refractivity contribution in [3.63, 3.8) is 0 Å². The number of nitrogens with one attached hydrogen (secondary N) is 1. The van der Waals surface area contributed by atoms with E-state index in [1.165, 1.54) is 0 Å². The van der Waals surface area contributed by atoms with Crippen LogP contribution in [0.25, 0.3) is 5.69 Å². The highest BCUT2D eigenvalue weighted by molar-refractivity contribution is 6.31. The SMILES string of the molecule is Cc1c(Cl)cccc1NC(=O)c1ccc(-n2cccc2)cc1. The predicted molar refractivity (Wildman–Crippen MR) is 89.9 cm³/mol. The number of benzene rings is 2. The van der Waals surface area contributed by atoms with Crippen LogP contribution in [0.2, 0.25) is 5.02 Å². The highest BCUT2D eigenvalue weighted by Crippen LogP contribution is 2.23. The van der Waals surface area contributed by atoms with Gasteiger partial charge in [-0.05, 0) is 61.0 Å². The van der Waals surface area contributed by atoms with Gasteiger partial charge < -0.3 is 9.88 Å². The van der Waals surface area contributed by atoms with Crippen molar-refractivity contribution in [1.29, 1.82) is 0 Å². The first-order valence-electron chi connectivity index (χ1n) is 6.95. The number of hydrogen-bond donors (Lipinski definition) is 1. The number of rotatable bonds is 3. The first kappa shape index (κ1) is 14.4. The van der Waals surface area contributed by atoms with Crippen molar-refractivity contribution in [3.8, 4) is 5.69 Å². The van der Waals surface area contributed by atoms with Crippen LogP contribution in [-0.2, 0) is 0 Å². The third-order valence-corrected chi connectivity index (χ3v) is 3.96. The Morgan fingerprint density at radius 2 is 1.68 bits per heavy atom. The standard InChI is InChI=1S/C18H15ClN2O/c1-13-16(19)5-4-6-17(13)20-18(22)14-7-9-15(10-8-14)21-11-2-3-12-21/h2-12H,1H3,(H,20,22). The summed E-state index contributed by atoms with van der Waals surface area (Å²) in [4.78, 5) is 12.3. The lowest BCUT2D eigenvalue weighted by atomic mass is 10.1. The average molecular weight is 311 g/mol. The fraction of sp³-hybridized carbons (Fsp3) is 0.0556. The van der Waals surface area contributed by atoms with Gasteiger partial charge in [-0.25, -0.2) is 0 Å². The van der Waals surface area contributed by atoms with Crippen LogP contribution in [0.15, 0.2) is 67.0 Å². The highest BCUT2D eigenvalue weighted by atomic mass is 35.5. The van der Waals surface area contributed by atoms with E-state index in [0.29, 0.717) is 10.6 Å². The molecule has 3 rings (SSSR count). The molecule has 0 saturated carbocycles. The lowest BCUT2D eigenvalue weighted by Gasteiger charge is -2.10. The molecule has 1 amide bonds. The van der Waals surface area contributed by atoms with Gasteiger partial charge in [0.05, 0.1) is 0 Å². The molecule has 2 aromatic carbocycles. The summed E-state index contributed by atoms with van der Waals surface area (Å²) >= 11 is 6.07. The molecule has 3 aromatic rings. The Kier molecular flexibility index (Phi) is 3.98. The summed E-state index contributed by atoms with van der Waals surface area (Å²) in [5, 5.41) is 3.53. The molecule has 0 spiro atoms. The van der Waals surface area contributed by atoms with E-state index >= 15 is 0 Å². The second-order valence-corrected chi connectivity index (χ2v) is 5.41. The van der Waals surface area contributed by atoms with Crippen LogP contribution in [0.1, 0.15) is 15.9 Å². The van der Waals surface area contributed by atoms with Crippen LogP contribution in [0.5, 0.6) is 0 Å². The van der Waals surface area contributed by atoms with E-state index in [0.717, 1.165) is 16.9 Å². The Morgan fingerprint density at radius 1 is 1.00 bits per heavy atom. The van der Waals surface area contributed by atoms with Crippen LogP contribution in [0.4, 0.5) is 5.69 Å². The number of anilines is 1. The van der Waals surface area contributed by atoms with E-state index in [9.17, 15) is 4.79 Å². The van der Waals surface area contributed by atoms with Crippen molar-refractivity contribution in [2.24, 2.45) is 0 Å². The summed E-state index contributed by atoms with van der Waals surface area (Å²) < 4.78 is 1.99. The van der Waals surface area contributed by atoms with E-state index < -0.39 is 0 Å². The number of carbonyl (C=O) groups is 1. The van der Waals surface area contributed by atoms with Crippen LogP contribution >= 0.6 is 11.6 Å². The first-order valence-corrected chi connectivity index (χ1v) is 7.33. The second-order valence-electron chi connectivity index (χ2n) is 5.00. The third-order valence-electron chi connectivity index (χ3n) is 3.55. The Balaban J connectivity index is 1.79. The van der Waals surface area contributed by atoms with Crippen molar-refractivity contribution in [1.82, 2.24) is 4.57 Å². The topological polar surface area (TPSA) is 34.0 Å². The summed E-state index contributed by atoms with van der Waals surface area (Å²) in [5.74, 6) is -0.149. The molecule has 0 radical (unpaired) electrons. The van der Waals surface area contributed by atoms with Crippen LogP contribution < -0.4 is 5.32 Å². The molecule has 0 aliphatic heterocycles.